The zero-order valence-corrected chi connectivity index (χ0v) is 27.0. The van der Waals surface area contributed by atoms with Crippen LogP contribution in [0.4, 0.5) is 10.6 Å². The number of benzene rings is 2. The lowest BCUT2D eigenvalue weighted by molar-refractivity contribution is 0.0767. The first-order valence-corrected chi connectivity index (χ1v) is 17.3. The van der Waals surface area contributed by atoms with Gasteiger partial charge in [0.1, 0.15) is 19.0 Å². The summed E-state index contributed by atoms with van der Waals surface area (Å²) in [7, 11) is 0. The van der Waals surface area contributed by atoms with Crippen molar-refractivity contribution >= 4 is 11.9 Å². The minimum Gasteiger partial charge on any atom is -0.462 e. The Kier molecular flexibility index (Phi) is 8.42. The maximum atomic E-state index is 13.2. The van der Waals surface area contributed by atoms with Crippen LogP contribution >= 0.6 is 0 Å². The van der Waals surface area contributed by atoms with Crippen LogP contribution in [0.3, 0.4) is 0 Å². The van der Waals surface area contributed by atoms with Gasteiger partial charge in [-0.1, -0.05) is 54.6 Å². The summed E-state index contributed by atoms with van der Waals surface area (Å²) in [5, 5.41) is 9.75. The minimum absolute atomic E-state index is 0.207. The van der Waals surface area contributed by atoms with Crippen molar-refractivity contribution in [2.45, 2.75) is 88.8 Å². The molecule has 4 heterocycles. The molecule has 1 saturated carbocycles. The second kappa shape index (κ2) is 13.1. The maximum absolute atomic E-state index is 13.2. The largest absolute Gasteiger partial charge is 0.462 e. The second-order valence-electron chi connectivity index (χ2n) is 13.7. The predicted octanol–water partition coefficient (Wildman–Crippen LogP) is 5.23. The minimum atomic E-state index is -0.381. The third kappa shape index (κ3) is 6.27. The molecule has 3 fully saturated rings. The molecule has 3 aliphatic heterocycles. The second-order valence-corrected chi connectivity index (χ2v) is 13.7. The fourth-order valence-corrected chi connectivity index (χ4v) is 8.16. The van der Waals surface area contributed by atoms with Gasteiger partial charge in [-0.05, 0) is 61.8 Å². The van der Waals surface area contributed by atoms with Gasteiger partial charge in [0.25, 0.3) is 0 Å². The smallest absolute Gasteiger partial charge is 0.410 e. The molecule has 1 aromatic heterocycles. The number of hydrogen-bond acceptors (Lipinski definition) is 9. The van der Waals surface area contributed by atoms with Crippen molar-refractivity contribution < 1.29 is 14.3 Å². The van der Waals surface area contributed by atoms with Gasteiger partial charge in [0, 0.05) is 56.4 Å². The number of carbonyl (C=O) groups is 1. The van der Waals surface area contributed by atoms with Crippen molar-refractivity contribution in [2.24, 2.45) is 0 Å². The van der Waals surface area contributed by atoms with Gasteiger partial charge in [-0.25, -0.2) is 4.79 Å². The summed E-state index contributed by atoms with van der Waals surface area (Å²) in [5.74, 6) is 0.879. The highest BCUT2D eigenvalue weighted by molar-refractivity contribution is 5.69. The lowest BCUT2D eigenvalue weighted by Gasteiger charge is -2.41. The number of aryl methyl sites for hydroxylation is 1. The fourth-order valence-electron chi connectivity index (χ4n) is 8.16. The molecular formula is C37H43N7O3. The first-order valence-electron chi connectivity index (χ1n) is 17.3. The van der Waals surface area contributed by atoms with Gasteiger partial charge in [-0.15, -0.1) is 0 Å². The molecule has 10 heteroatoms. The lowest BCUT2D eigenvalue weighted by atomic mass is 10.1. The topological polar surface area (TPSA) is 98.1 Å². The number of aromatic nitrogens is 2. The number of ether oxygens (including phenoxy) is 2. The molecule has 1 unspecified atom stereocenters. The van der Waals surface area contributed by atoms with Crippen LogP contribution in [0.1, 0.15) is 72.5 Å². The average molecular weight is 634 g/mol. The van der Waals surface area contributed by atoms with Gasteiger partial charge in [0.05, 0.1) is 24.2 Å². The quantitative estimate of drug-likeness (QED) is 0.314. The van der Waals surface area contributed by atoms with E-state index in [1.807, 2.05) is 30.3 Å². The number of amides is 1. The lowest BCUT2D eigenvalue weighted by Crippen LogP contribution is -2.55. The van der Waals surface area contributed by atoms with Crippen molar-refractivity contribution in [3.05, 3.63) is 82.5 Å². The molecule has 0 bridgehead atoms. The van der Waals surface area contributed by atoms with Gasteiger partial charge in [0.2, 0.25) is 0 Å². The van der Waals surface area contributed by atoms with E-state index in [0.717, 1.165) is 67.6 Å². The average Bonchev–Trinajstić information content (AvgIpc) is 3.47. The number of hydrogen-bond donors (Lipinski definition) is 0. The van der Waals surface area contributed by atoms with Gasteiger partial charge < -0.3 is 19.3 Å². The molecule has 1 amide bonds. The molecule has 244 valence electrons. The highest BCUT2D eigenvalue weighted by Gasteiger charge is 2.39. The van der Waals surface area contributed by atoms with E-state index >= 15 is 0 Å². The maximum Gasteiger partial charge on any atom is 0.410 e. The molecule has 3 atom stereocenters. The molecule has 0 radical (unpaired) electrons. The molecule has 2 aliphatic carbocycles. The molecule has 10 nitrogen and oxygen atoms in total. The molecule has 2 saturated heterocycles. The van der Waals surface area contributed by atoms with Crippen molar-refractivity contribution in [1.82, 2.24) is 24.7 Å². The summed E-state index contributed by atoms with van der Waals surface area (Å²) in [5.41, 5.74) is 5.96. The van der Waals surface area contributed by atoms with Crippen LogP contribution in [0.5, 0.6) is 6.01 Å². The summed E-state index contributed by atoms with van der Waals surface area (Å²) in [6.45, 7) is 5.04. The highest BCUT2D eigenvalue weighted by atomic mass is 16.6. The first kappa shape index (κ1) is 30.2. The number of nitriles is 1. The van der Waals surface area contributed by atoms with Crippen LogP contribution in [0, 0.1) is 11.3 Å². The molecular weight excluding hydrogens is 590 g/mol. The molecule has 3 aromatic rings. The molecule has 2 aromatic carbocycles. The SMILES string of the molecule is N#CC[C@H]1CN(c2nc(OC[C@@H]3CCCN3C3CC3)nc3c2CN(C2CCc4ccccc42)C3)CCN1C(=O)OCc1ccccc1. The summed E-state index contributed by atoms with van der Waals surface area (Å²) < 4.78 is 12.1. The number of likely N-dealkylation sites (tertiary alicyclic amines) is 1. The van der Waals surface area contributed by atoms with Gasteiger partial charge >= 0.3 is 12.1 Å². The van der Waals surface area contributed by atoms with E-state index in [2.05, 4.69) is 45.0 Å². The van der Waals surface area contributed by atoms with Crippen LogP contribution in [0.25, 0.3) is 0 Å². The standard InChI is InChI=1S/C37H43N7O3/c38-17-16-29-21-41(19-20-44(29)37(45)47-24-26-7-2-1-3-8-26)35-32-22-42(34-15-12-27-9-4-5-11-31(27)34)23-33(32)39-36(40-35)46-25-30-10-6-18-43(30)28-13-14-28/h1-5,7-9,11,28-30,34H,6,10,12-16,18-25H2/t29-,30-,34?/m0/s1. The van der Waals surface area contributed by atoms with Gasteiger partial charge in [-0.2, -0.15) is 15.2 Å². The van der Waals surface area contributed by atoms with Crippen LogP contribution in [0.15, 0.2) is 54.6 Å². The molecule has 0 spiro atoms. The van der Waals surface area contributed by atoms with E-state index in [0.29, 0.717) is 44.3 Å². The summed E-state index contributed by atoms with van der Waals surface area (Å²) >= 11 is 0. The number of fused-ring (bicyclic) bond motifs is 2. The van der Waals surface area contributed by atoms with E-state index in [-0.39, 0.29) is 25.2 Å². The number of nitrogens with zero attached hydrogens (tertiary/aromatic N) is 7. The Bertz CT molecular complexity index is 1640. The first-order chi connectivity index (χ1) is 23.1. The van der Waals surface area contributed by atoms with Gasteiger partial charge in [-0.3, -0.25) is 9.80 Å². The zero-order valence-electron chi connectivity index (χ0n) is 27.0. The van der Waals surface area contributed by atoms with E-state index in [9.17, 15) is 10.1 Å². The number of anilines is 1. The Morgan fingerprint density at radius 3 is 2.64 bits per heavy atom. The number of rotatable bonds is 9. The van der Waals surface area contributed by atoms with E-state index < -0.39 is 0 Å². The third-order valence-corrected chi connectivity index (χ3v) is 10.7. The van der Waals surface area contributed by atoms with E-state index in [1.165, 1.54) is 30.4 Å². The van der Waals surface area contributed by atoms with E-state index in [1.54, 1.807) is 4.90 Å². The monoisotopic (exact) mass is 633 g/mol. The van der Waals surface area contributed by atoms with Crippen LogP contribution in [-0.4, -0.2) is 81.7 Å². The van der Waals surface area contributed by atoms with Crippen molar-refractivity contribution in [2.75, 3.05) is 37.7 Å². The van der Waals surface area contributed by atoms with Crippen LogP contribution < -0.4 is 9.64 Å². The highest BCUT2D eigenvalue weighted by Crippen LogP contribution is 2.42. The Labute approximate surface area is 276 Å². The fraction of sp³-hybridized carbons (Fsp3) is 0.514. The molecule has 8 rings (SSSR count). The summed E-state index contributed by atoms with van der Waals surface area (Å²) in [6, 6.07) is 22.4. The Hall–Kier alpha value is -4.20. The Morgan fingerprint density at radius 1 is 0.936 bits per heavy atom. The molecule has 0 N–H and O–H groups in total. The van der Waals surface area contributed by atoms with E-state index in [4.69, 9.17) is 19.4 Å². The number of piperazine rings is 1. The van der Waals surface area contributed by atoms with Crippen molar-refractivity contribution in [3.63, 3.8) is 0 Å². The van der Waals surface area contributed by atoms with Crippen LogP contribution in [-0.2, 0) is 30.9 Å². The van der Waals surface area contributed by atoms with Crippen LogP contribution in [0.2, 0.25) is 0 Å². The van der Waals surface area contributed by atoms with Crippen molar-refractivity contribution in [3.8, 4) is 12.1 Å². The molecule has 5 aliphatic rings. The predicted molar refractivity (Wildman–Crippen MR) is 177 cm³/mol. The summed E-state index contributed by atoms with van der Waals surface area (Å²) in [4.78, 5) is 32.5. The summed E-state index contributed by atoms with van der Waals surface area (Å²) in [6.07, 6.45) is 7.00. The zero-order chi connectivity index (χ0) is 31.7. The van der Waals surface area contributed by atoms with Crippen molar-refractivity contribution in [1.29, 1.82) is 5.26 Å². The molecule has 47 heavy (non-hydrogen) atoms. The number of carbonyl (C=O) groups excluding carboxylic acids is 1. The Balaban J connectivity index is 1.03. The normalized spacial score (nSPS) is 24.2. The Morgan fingerprint density at radius 2 is 1.79 bits per heavy atom. The van der Waals surface area contributed by atoms with Gasteiger partial charge in [0.15, 0.2) is 0 Å². The third-order valence-electron chi connectivity index (χ3n) is 10.7.